The van der Waals surface area contributed by atoms with Gasteiger partial charge in [-0.15, -0.1) is 0 Å². The highest BCUT2D eigenvalue weighted by Gasteiger charge is 2.16. The van der Waals surface area contributed by atoms with E-state index < -0.39 is 9.05 Å². The SMILES string of the molecule is CN1CCN(c2ccc(S(=O)(=O)Cl)cn2)CC1. The summed E-state index contributed by atoms with van der Waals surface area (Å²) in [5, 5.41) is 0. The van der Waals surface area contributed by atoms with E-state index in [1.54, 1.807) is 6.07 Å². The number of aromatic nitrogens is 1. The van der Waals surface area contributed by atoms with Crippen molar-refractivity contribution in [2.24, 2.45) is 0 Å². The number of piperazine rings is 1. The van der Waals surface area contributed by atoms with Crippen LogP contribution in [0.3, 0.4) is 0 Å². The van der Waals surface area contributed by atoms with Crippen LogP contribution in [0.1, 0.15) is 0 Å². The summed E-state index contributed by atoms with van der Waals surface area (Å²) in [5.41, 5.74) is 0. The van der Waals surface area contributed by atoms with Crippen LogP contribution in [-0.2, 0) is 9.05 Å². The summed E-state index contributed by atoms with van der Waals surface area (Å²) in [4.78, 5) is 8.55. The average Bonchev–Trinajstić information content (AvgIpc) is 2.29. The summed E-state index contributed by atoms with van der Waals surface area (Å²) in [7, 11) is 3.63. The van der Waals surface area contributed by atoms with E-state index in [-0.39, 0.29) is 4.90 Å². The van der Waals surface area contributed by atoms with Crippen molar-refractivity contribution in [2.75, 3.05) is 38.1 Å². The van der Waals surface area contributed by atoms with Crippen molar-refractivity contribution >= 4 is 25.6 Å². The topological polar surface area (TPSA) is 53.5 Å². The normalized spacial score (nSPS) is 18.4. The second kappa shape index (κ2) is 4.80. The van der Waals surface area contributed by atoms with Crippen molar-refractivity contribution < 1.29 is 8.42 Å². The fourth-order valence-electron chi connectivity index (χ4n) is 1.74. The van der Waals surface area contributed by atoms with Gasteiger partial charge < -0.3 is 9.80 Å². The predicted molar refractivity (Wildman–Crippen MR) is 67.0 cm³/mol. The molecule has 0 atom stereocenters. The monoisotopic (exact) mass is 275 g/mol. The van der Waals surface area contributed by atoms with Gasteiger partial charge in [0.2, 0.25) is 0 Å². The van der Waals surface area contributed by atoms with Gasteiger partial charge in [-0.25, -0.2) is 13.4 Å². The fourth-order valence-corrected chi connectivity index (χ4v) is 2.42. The van der Waals surface area contributed by atoms with Crippen molar-refractivity contribution in [1.82, 2.24) is 9.88 Å². The van der Waals surface area contributed by atoms with Crippen LogP contribution in [0.4, 0.5) is 5.82 Å². The Balaban J connectivity index is 2.13. The van der Waals surface area contributed by atoms with E-state index in [0.29, 0.717) is 0 Å². The molecule has 0 unspecified atom stereocenters. The Labute approximate surface area is 105 Å². The van der Waals surface area contributed by atoms with E-state index in [1.807, 2.05) is 0 Å². The maximum Gasteiger partial charge on any atom is 0.262 e. The first-order valence-corrected chi connectivity index (χ1v) is 7.62. The molecule has 1 aliphatic heterocycles. The van der Waals surface area contributed by atoms with Gasteiger partial charge in [0.25, 0.3) is 9.05 Å². The molecule has 1 aliphatic rings. The van der Waals surface area contributed by atoms with Crippen LogP contribution in [0.15, 0.2) is 23.2 Å². The molecule has 1 aromatic rings. The fraction of sp³-hybridized carbons (Fsp3) is 0.500. The average molecular weight is 276 g/mol. The van der Waals surface area contributed by atoms with Crippen LogP contribution >= 0.6 is 10.7 Å². The number of pyridine rings is 1. The first-order chi connectivity index (χ1) is 7.97. The summed E-state index contributed by atoms with van der Waals surface area (Å²) in [6.45, 7) is 3.77. The van der Waals surface area contributed by atoms with E-state index in [0.717, 1.165) is 32.0 Å². The van der Waals surface area contributed by atoms with Crippen LogP contribution < -0.4 is 4.90 Å². The van der Waals surface area contributed by atoms with Gasteiger partial charge >= 0.3 is 0 Å². The molecule has 5 nitrogen and oxygen atoms in total. The lowest BCUT2D eigenvalue weighted by Gasteiger charge is -2.33. The molecule has 1 aromatic heterocycles. The molecule has 1 saturated heterocycles. The molecule has 17 heavy (non-hydrogen) atoms. The molecule has 0 bridgehead atoms. The van der Waals surface area contributed by atoms with Gasteiger partial charge in [-0.3, -0.25) is 0 Å². The number of anilines is 1. The van der Waals surface area contributed by atoms with Gasteiger partial charge in [0.1, 0.15) is 10.7 Å². The van der Waals surface area contributed by atoms with Gasteiger partial charge in [0.05, 0.1) is 0 Å². The van der Waals surface area contributed by atoms with Gasteiger partial charge in [-0.05, 0) is 19.2 Å². The highest BCUT2D eigenvalue weighted by atomic mass is 35.7. The number of rotatable bonds is 2. The lowest BCUT2D eigenvalue weighted by atomic mass is 10.3. The lowest BCUT2D eigenvalue weighted by molar-refractivity contribution is 0.312. The summed E-state index contributed by atoms with van der Waals surface area (Å²) in [6, 6.07) is 3.18. The number of hydrogen-bond acceptors (Lipinski definition) is 5. The van der Waals surface area contributed by atoms with E-state index in [1.165, 1.54) is 12.3 Å². The Morgan fingerprint density at radius 3 is 2.35 bits per heavy atom. The van der Waals surface area contributed by atoms with Crippen molar-refractivity contribution in [3.8, 4) is 0 Å². The molecule has 0 aliphatic carbocycles. The van der Waals surface area contributed by atoms with Gasteiger partial charge in [-0.1, -0.05) is 0 Å². The standard InChI is InChI=1S/C10H14ClN3O2S/c1-13-4-6-14(7-5-13)10-3-2-9(8-12-10)17(11,15)16/h2-3,8H,4-7H2,1H3. The number of hydrogen-bond donors (Lipinski definition) is 0. The molecule has 0 saturated carbocycles. The third kappa shape index (κ3) is 3.08. The highest BCUT2D eigenvalue weighted by molar-refractivity contribution is 8.13. The second-order valence-corrected chi connectivity index (χ2v) is 6.65. The zero-order valence-electron chi connectivity index (χ0n) is 9.50. The zero-order valence-corrected chi connectivity index (χ0v) is 11.1. The predicted octanol–water partition coefficient (Wildman–Crippen LogP) is 0.761. The molecule has 0 radical (unpaired) electrons. The Bertz CT molecular complexity index is 481. The quantitative estimate of drug-likeness (QED) is 0.746. The highest BCUT2D eigenvalue weighted by Crippen LogP contribution is 2.18. The summed E-state index contributed by atoms with van der Waals surface area (Å²) in [5.74, 6) is 0.794. The maximum absolute atomic E-state index is 11.1. The third-order valence-electron chi connectivity index (χ3n) is 2.83. The Kier molecular flexibility index (Phi) is 3.56. The molecule has 7 heteroatoms. The van der Waals surface area contributed by atoms with E-state index >= 15 is 0 Å². The van der Waals surface area contributed by atoms with Crippen LogP contribution in [0.25, 0.3) is 0 Å². The molecule has 0 spiro atoms. The number of likely N-dealkylation sites (N-methyl/N-ethyl adjacent to an activating group) is 1. The van der Waals surface area contributed by atoms with Crippen LogP contribution in [0.2, 0.25) is 0 Å². The van der Waals surface area contributed by atoms with Crippen molar-refractivity contribution in [1.29, 1.82) is 0 Å². The smallest absolute Gasteiger partial charge is 0.262 e. The van der Waals surface area contributed by atoms with Gasteiger partial charge in [0, 0.05) is 43.1 Å². The van der Waals surface area contributed by atoms with Crippen molar-refractivity contribution in [2.45, 2.75) is 4.90 Å². The Morgan fingerprint density at radius 1 is 1.24 bits per heavy atom. The number of nitrogens with zero attached hydrogens (tertiary/aromatic N) is 3. The molecule has 2 heterocycles. The van der Waals surface area contributed by atoms with Gasteiger partial charge in [0.15, 0.2) is 0 Å². The van der Waals surface area contributed by atoms with Crippen molar-refractivity contribution in [3.63, 3.8) is 0 Å². The van der Waals surface area contributed by atoms with E-state index in [2.05, 4.69) is 21.8 Å². The minimum Gasteiger partial charge on any atom is -0.354 e. The summed E-state index contributed by atoms with van der Waals surface area (Å²) >= 11 is 0. The van der Waals surface area contributed by atoms with Crippen LogP contribution in [-0.4, -0.2) is 51.5 Å². The molecule has 2 rings (SSSR count). The van der Waals surface area contributed by atoms with Gasteiger partial charge in [-0.2, -0.15) is 0 Å². The minimum atomic E-state index is -3.68. The van der Waals surface area contributed by atoms with Crippen LogP contribution in [0.5, 0.6) is 0 Å². The molecule has 0 aromatic carbocycles. The van der Waals surface area contributed by atoms with Crippen LogP contribution in [0, 0.1) is 0 Å². The molecule has 94 valence electrons. The summed E-state index contributed by atoms with van der Waals surface area (Å²) < 4.78 is 22.1. The molecular formula is C10H14ClN3O2S. The Morgan fingerprint density at radius 2 is 1.88 bits per heavy atom. The molecular weight excluding hydrogens is 262 g/mol. The van der Waals surface area contributed by atoms with Crippen molar-refractivity contribution in [3.05, 3.63) is 18.3 Å². The summed E-state index contributed by atoms with van der Waals surface area (Å²) in [6.07, 6.45) is 1.30. The van der Waals surface area contributed by atoms with E-state index in [9.17, 15) is 8.42 Å². The zero-order chi connectivity index (χ0) is 12.5. The maximum atomic E-state index is 11.1. The first-order valence-electron chi connectivity index (χ1n) is 5.31. The molecule has 0 amide bonds. The third-order valence-corrected chi connectivity index (χ3v) is 4.17. The largest absolute Gasteiger partial charge is 0.354 e. The molecule has 1 fully saturated rings. The minimum absolute atomic E-state index is 0.0389. The van der Waals surface area contributed by atoms with E-state index in [4.69, 9.17) is 10.7 Å². The Hall–Kier alpha value is -0.850. The first kappa shape index (κ1) is 12.6. The molecule has 0 N–H and O–H groups in total. The number of halogens is 1. The lowest BCUT2D eigenvalue weighted by Crippen LogP contribution is -2.44. The second-order valence-electron chi connectivity index (χ2n) is 4.08.